The number of halogens is 1. The van der Waals surface area contributed by atoms with Crippen LogP contribution in [-0.2, 0) is 11.3 Å². The molecular formula is C14H17FNO4+. The molecule has 1 aliphatic rings. The van der Waals surface area contributed by atoms with E-state index in [9.17, 15) is 24.2 Å². The summed E-state index contributed by atoms with van der Waals surface area (Å²) in [5.74, 6) is -1.28. The molecule has 0 aromatic heterocycles. The molecule has 3 atom stereocenters. The van der Waals surface area contributed by atoms with Gasteiger partial charge in [-0.15, -0.1) is 0 Å². The van der Waals surface area contributed by atoms with Crippen LogP contribution >= 0.6 is 0 Å². The van der Waals surface area contributed by atoms with E-state index in [2.05, 4.69) is 0 Å². The zero-order valence-corrected chi connectivity index (χ0v) is 11.1. The van der Waals surface area contributed by atoms with E-state index in [-0.39, 0.29) is 19.5 Å². The normalized spacial score (nSPS) is 33.0. The Morgan fingerprint density at radius 2 is 1.95 bits per heavy atom. The molecule has 1 saturated heterocycles. The Morgan fingerprint density at radius 3 is 2.45 bits per heavy atom. The number of benzene rings is 1. The Hall–Kier alpha value is -1.95. The van der Waals surface area contributed by atoms with Gasteiger partial charge in [-0.3, -0.25) is 0 Å². The zero-order chi connectivity index (χ0) is 15.0. The third kappa shape index (κ3) is 2.06. The van der Waals surface area contributed by atoms with Crippen molar-refractivity contribution in [3.05, 3.63) is 35.9 Å². The smallest absolute Gasteiger partial charge is 0.477 e. The van der Waals surface area contributed by atoms with Gasteiger partial charge in [0.15, 0.2) is 6.17 Å². The minimum atomic E-state index is -1.67. The summed E-state index contributed by atoms with van der Waals surface area (Å²) in [6, 6.07) is 8.71. The second-order valence-electron chi connectivity index (χ2n) is 5.46. The molecule has 108 valence electrons. The number of carboxylic acids is 1. The van der Waals surface area contributed by atoms with Gasteiger partial charge in [0.2, 0.25) is 5.54 Å². The van der Waals surface area contributed by atoms with Crippen LogP contribution < -0.4 is 0 Å². The lowest BCUT2D eigenvalue weighted by molar-refractivity contribution is -0.898. The number of carboxylic acid groups (broad SMARTS) is 2. The molecule has 0 bridgehead atoms. The van der Waals surface area contributed by atoms with Crippen molar-refractivity contribution in [3.8, 4) is 0 Å². The molecule has 1 aromatic rings. The van der Waals surface area contributed by atoms with Crippen molar-refractivity contribution in [1.82, 2.24) is 0 Å². The average Bonchev–Trinajstić information content (AvgIpc) is 2.64. The lowest BCUT2D eigenvalue weighted by Crippen LogP contribution is -2.65. The largest absolute Gasteiger partial charge is 0.514 e. The third-order valence-corrected chi connectivity index (χ3v) is 4.20. The molecule has 1 fully saturated rings. The van der Waals surface area contributed by atoms with Crippen LogP contribution in [0.1, 0.15) is 18.9 Å². The van der Waals surface area contributed by atoms with Crippen LogP contribution in [-0.4, -0.2) is 45.0 Å². The van der Waals surface area contributed by atoms with Crippen molar-refractivity contribution >= 4 is 12.1 Å². The molecular weight excluding hydrogens is 265 g/mol. The standard InChI is InChI=1S/C14H16FNO4/c1-14(12(17)18)7-11(15)9-16(14,13(19)20)8-10-5-3-2-4-6-10/h2-6,11H,7-9H2,1H3,(H-,17,18,19,20)/p+1/t11-,14-,16?/m0/s1. The SMILES string of the molecule is C[C@@]1(C(=O)O)C[C@H](F)C[N+]1(Cc1ccccc1)C(=O)O. The monoisotopic (exact) mass is 282 g/mol. The molecule has 0 saturated carbocycles. The number of likely N-dealkylation sites (tertiary alicyclic amines) is 1. The van der Waals surface area contributed by atoms with Crippen molar-refractivity contribution in [1.29, 1.82) is 0 Å². The van der Waals surface area contributed by atoms with Crippen LogP contribution in [0.25, 0.3) is 0 Å². The van der Waals surface area contributed by atoms with Crippen LogP contribution in [0.15, 0.2) is 30.3 Å². The Bertz CT molecular complexity index is 535. The minimum absolute atomic E-state index is 0.0423. The molecule has 6 heteroatoms. The van der Waals surface area contributed by atoms with Crippen LogP contribution in [0, 0.1) is 0 Å². The molecule has 1 aromatic carbocycles. The summed E-state index contributed by atoms with van der Waals surface area (Å²) >= 11 is 0. The fourth-order valence-corrected chi connectivity index (χ4v) is 2.97. The number of hydrogen-bond acceptors (Lipinski definition) is 2. The van der Waals surface area contributed by atoms with E-state index in [0.717, 1.165) is 0 Å². The molecule has 0 spiro atoms. The molecule has 5 nitrogen and oxygen atoms in total. The minimum Gasteiger partial charge on any atom is -0.477 e. The van der Waals surface area contributed by atoms with Gasteiger partial charge in [0.05, 0.1) is 6.42 Å². The maximum Gasteiger partial charge on any atom is 0.514 e. The van der Waals surface area contributed by atoms with Gasteiger partial charge in [0.1, 0.15) is 13.1 Å². The summed E-state index contributed by atoms with van der Waals surface area (Å²) in [5, 5.41) is 19.0. The summed E-state index contributed by atoms with van der Waals surface area (Å²) in [4.78, 5) is 23.3. The molecule has 0 aliphatic carbocycles. The van der Waals surface area contributed by atoms with Gasteiger partial charge < -0.3 is 10.2 Å². The first-order valence-electron chi connectivity index (χ1n) is 6.34. The number of nitrogens with zero attached hydrogens (tertiary/aromatic N) is 1. The molecule has 0 radical (unpaired) electrons. The van der Waals surface area contributed by atoms with Crippen molar-refractivity contribution in [2.45, 2.75) is 31.6 Å². The summed E-state index contributed by atoms with van der Waals surface area (Å²) in [6.45, 7) is 0.943. The van der Waals surface area contributed by atoms with Gasteiger partial charge in [0.25, 0.3) is 0 Å². The maximum absolute atomic E-state index is 13.8. The highest BCUT2D eigenvalue weighted by Crippen LogP contribution is 2.41. The molecule has 2 rings (SSSR count). The fourth-order valence-electron chi connectivity index (χ4n) is 2.97. The number of rotatable bonds is 3. The summed E-state index contributed by atoms with van der Waals surface area (Å²) < 4.78 is 13.0. The number of alkyl halides is 1. The van der Waals surface area contributed by atoms with Gasteiger partial charge in [-0.05, 0) is 0 Å². The summed E-state index contributed by atoms with van der Waals surface area (Å²) in [7, 11) is 0. The Balaban J connectivity index is 2.48. The molecule has 1 aliphatic heterocycles. The van der Waals surface area contributed by atoms with E-state index in [0.29, 0.717) is 5.56 Å². The maximum atomic E-state index is 13.8. The molecule has 2 N–H and O–H groups in total. The lowest BCUT2D eigenvalue weighted by Gasteiger charge is -2.38. The average molecular weight is 282 g/mol. The van der Waals surface area contributed by atoms with Gasteiger partial charge in [-0.25, -0.2) is 13.7 Å². The molecule has 1 amide bonds. The van der Waals surface area contributed by atoms with Gasteiger partial charge >= 0.3 is 12.1 Å². The highest BCUT2D eigenvalue weighted by molar-refractivity contribution is 5.80. The Morgan fingerprint density at radius 1 is 1.35 bits per heavy atom. The number of carbonyl (C=O) groups is 2. The third-order valence-electron chi connectivity index (χ3n) is 4.20. The second kappa shape index (κ2) is 4.86. The van der Waals surface area contributed by atoms with Crippen LogP contribution in [0.5, 0.6) is 0 Å². The second-order valence-corrected chi connectivity index (χ2v) is 5.46. The number of hydrogen-bond donors (Lipinski definition) is 2. The highest BCUT2D eigenvalue weighted by Gasteiger charge is 2.65. The van der Waals surface area contributed by atoms with Crippen LogP contribution in [0.2, 0.25) is 0 Å². The zero-order valence-electron chi connectivity index (χ0n) is 11.1. The number of aliphatic carboxylic acids is 1. The van der Waals surface area contributed by atoms with E-state index in [4.69, 9.17) is 0 Å². The van der Waals surface area contributed by atoms with Gasteiger partial charge in [-0.1, -0.05) is 30.3 Å². The quantitative estimate of drug-likeness (QED) is 0.834. The Kier molecular flexibility index (Phi) is 3.52. The van der Waals surface area contributed by atoms with E-state index in [1.54, 1.807) is 30.3 Å². The van der Waals surface area contributed by atoms with E-state index in [1.807, 2.05) is 0 Å². The van der Waals surface area contributed by atoms with E-state index < -0.39 is 28.3 Å². The van der Waals surface area contributed by atoms with Crippen molar-refractivity contribution in [3.63, 3.8) is 0 Å². The van der Waals surface area contributed by atoms with Crippen molar-refractivity contribution in [2.24, 2.45) is 0 Å². The van der Waals surface area contributed by atoms with Crippen LogP contribution in [0.4, 0.5) is 9.18 Å². The van der Waals surface area contributed by atoms with E-state index in [1.165, 1.54) is 6.92 Å². The van der Waals surface area contributed by atoms with E-state index >= 15 is 0 Å². The first kappa shape index (κ1) is 14.5. The first-order valence-corrected chi connectivity index (χ1v) is 6.34. The fraction of sp³-hybridized carbons (Fsp3) is 0.429. The molecule has 1 unspecified atom stereocenters. The van der Waals surface area contributed by atoms with Crippen molar-refractivity contribution < 1.29 is 28.7 Å². The summed E-state index contributed by atoms with van der Waals surface area (Å²) in [6.07, 6.45) is -3.03. The molecule has 20 heavy (non-hydrogen) atoms. The number of amides is 1. The van der Waals surface area contributed by atoms with Gasteiger partial charge in [0, 0.05) is 12.5 Å². The predicted octanol–water partition coefficient (Wildman–Crippen LogP) is 2.27. The molecule has 1 heterocycles. The highest BCUT2D eigenvalue weighted by atomic mass is 19.1. The lowest BCUT2D eigenvalue weighted by atomic mass is 9.95. The van der Waals surface area contributed by atoms with Gasteiger partial charge in [-0.2, -0.15) is 4.79 Å². The Labute approximate surface area is 115 Å². The van der Waals surface area contributed by atoms with Crippen LogP contribution in [0.3, 0.4) is 0 Å². The topological polar surface area (TPSA) is 74.6 Å². The number of quaternary nitrogens is 1. The summed E-state index contributed by atoms with van der Waals surface area (Å²) in [5.41, 5.74) is -0.988. The predicted molar refractivity (Wildman–Crippen MR) is 68.9 cm³/mol. The first-order chi connectivity index (χ1) is 9.32. The van der Waals surface area contributed by atoms with Crippen molar-refractivity contribution in [2.75, 3.05) is 6.54 Å².